The van der Waals surface area contributed by atoms with Gasteiger partial charge in [-0.05, 0) is 42.5 Å². The van der Waals surface area contributed by atoms with Crippen LogP contribution in [0.15, 0.2) is 24.3 Å². The minimum absolute atomic E-state index is 0.0847. The number of rotatable bonds is 5. The number of benzene rings is 1. The Labute approximate surface area is 124 Å². The Balaban J connectivity index is 1.96. The zero-order chi connectivity index (χ0) is 14.4. The molecular formula is C15H21NO3S. The highest BCUT2D eigenvalue weighted by atomic mass is 32.2. The van der Waals surface area contributed by atoms with Crippen molar-refractivity contribution in [2.24, 2.45) is 0 Å². The Morgan fingerprint density at radius 2 is 2.10 bits per heavy atom. The molecule has 1 N–H and O–H groups in total. The second-order valence-corrected chi connectivity index (χ2v) is 6.14. The number of carbonyl (C=O) groups is 1. The summed E-state index contributed by atoms with van der Waals surface area (Å²) in [6, 6.07) is 7.17. The van der Waals surface area contributed by atoms with Gasteiger partial charge in [0.2, 0.25) is 0 Å². The molecule has 1 aromatic carbocycles. The first kappa shape index (κ1) is 15.2. The first-order valence-electron chi connectivity index (χ1n) is 6.74. The summed E-state index contributed by atoms with van der Waals surface area (Å²) in [5.41, 5.74) is 0.403. The lowest BCUT2D eigenvalue weighted by Gasteiger charge is -2.35. The molecule has 2 rings (SSSR count). The summed E-state index contributed by atoms with van der Waals surface area (Å²) in [6.45, 7) is 0.556. The minimum atomic E-state index is -0.209. The van der Waals surface area contributed by atoms with E-state index in [0.29, 0.717) is 17.9 Å². The molecule has 0 spiro atoms. The molecule has 0 aliphatic carbocycles. The van der Waals surface area contributed by atoms with Crippen LogP contribution in [0.3, 0.4) is 0 Å². The van der Waals surface area contributed by atoms with Gasteiger partial charge in [0.15, 0.2) is 0 Å². The zero-order valence-electron chi connectivity index (χ0n) is 12.0. The smallest absolute Gasteiger partial charge is 0.251 e. The lowest BCUT2D eigenvalue weighted by atomic mass is 9.96. The van der Waals surface area contributed by atoms with Gasteiger partial charge in [0, 0.05) is 19.2 Å². The minimum Gasteiger partial charge on any atom is -0.497 e. The number of nitrogens with one attached hydrogen (secondary N) is 1. The van der Waals surface area contributed by atoms with Crippen molar-refractivity contribution in [1.82, 2.24) is 5.32 Å². The van der Waals surface area contributed by atoms with Gasteiger partial charge in [-0.3, -0.25) is 4.79 Å². The predicted molar refractivity (Wildman–Crippen MR) is 81.6 cm³/mol. The van der Waals surface area contributed by atoms with E-state index in [1.54, 1.807) is 26.4 Å². The molecule has 0 aromatic heterocycles. The third kappa shape index (κ3) is 3.67. The second kappa shape index (κ2) is 6.99. The average molecular weight is 295 g/mol. The number of amides is 1. The monoisotopic (exact) mass is 295 g/mol. The molecule has 1 aliphatic rings. The van der Waals surface area contributed by atoms with Crippen molar-refractivity contribution >= 4 is 17.7 Å². The summed E-state index contributed by atoms with van der Waals surface area (Å²) >= 11 is 1.94. The summed E-state index contributed by atoms with van der Waals surface area (Å²) < 4.78 is 10.8. The maximum atomic E-state index is 12.2. The number of hydrogen-bond donors (Lipinski definition) is 1. The highest BCUT2D eigenvalue weighted by molar-refractivity contribution is 7.99. The lowest BCUT2D eigenvalue weighted by Crippen LogP contribution is -2.46. The Morgan fingerprint density at radius 1 is 1.35 bits per heavy atom. The fraction of sp³-hybridized carbons (Fsp3) is 0.533. The molecule has 1 fully saturated rings. The van der Waals surface area contributed by atoms with Crippen molar-refractivity contribution in [1.29, 1.82) is 0 Å². The maximum Gasteiger partial charge on any atom is 0.251 e. The molecule has 0 unspecified atom stereocenters. The molecule has 1 heterocycles. The van der Waals surface area contributed by atoms with Gasteiger partial charge in [0.1, 0.15) is 5.75 Å². The molecular weight excluding hydrogens is 274 g/mol. The van der Waals surface area contributed by atoms with Gasteiger partial charge in [-0.15, -0.1) is 0 Å². The molecule has 110 valence electrons. The van der Waals surface area contributed by atoms with Crippen LogP contribution in [0.5, 0.6) is 5.75 Å². The van der Waals surface area contributed by atoms with Crippen molar-refractivity contribution in [2.45, 2.75) is 18.4 Å². The SMILES string of the molecule is COc1cccc(C(=O)NCC2(OC)CCSCC2)c1. The third-order valence-electron chi connectivity index (χ3n) is 3.74. The van der Waals surface area contributed by atoms with Gasteiger partial charge >= 0.3 is 0 Å². The van der Waals surface area contributed by atoms with Crippen LogP contribution in [0, 0.1) is 0 Å². The fourth-order valence-electron chi connectivity index (χ4n) is 2.30. The fourth-order valence-corrected chi connectivity index (χ4v) is 3.54. The van der Waals surface area contributed by atoms with Crippen molar-refractivity contribution in [3.05, 3.63) is 29.8 Å². The van der Waals surface area contributed by atoms with E-state index in [1.165, 1.54) is 0 Å². The van der Waals surface area contributed by atoms with Crippen molar-refractivity contribution in [3.8, 4) is 5.75 Å². The van der Waals surface area contributed by atoms with E-state index in [0.717, 1.165) is 24.3 Å². The van der Waals surface area contributed by atoms with E-state index in [4.69, 9.17) is 9.47 Å². The largest absolute Gasteiger partial charge is 0.497 e. The van der Waals surface area contributed by atoms with Gasteiger partial charge in [-0.2, -0.15) is 11.8 Å². The number of hydrogen-bond acceptors (Lipinski definition) is 4. The predicted octanol–water partition coefficient (Wildman–Crippen LogP) is 2.34. The van der Waals surface area contributed by atoms with Gasteiger partial charge in [0.05, 0.1) is 12.7 Å². The van der Waals surface area contributed by atoms with Crippen LogP contribution in [0.2, 0.25) is 0 Å². The Kier molecular flexibility index (Phi) is 5.31. The summed E-state index contributed by atoms with van der Waals surface area (Å²) in [5, 5.41) is 2.98. The van der Waals surface area contributed by atoms with Crippen LogP contribution < -0.4 is 10.1 Å². The molecule has 1 aromatic rings. The number of thioether (sulfide) groups is 1. The van der Waals surface area contributed by atoms with Crippen LogP contribution in [-0.2, 0) is 4.74 Å². The molecule has 1 saturated heterocycles. The second-order valence-electron chi connectivity index (χ2n) is 4.91. The molecule has 5 heteroatoms. The topological polar surface area (TPSA) is 47.6 Å². The quantitative estimate of drug-likeness (QED) is 0.906. The van der Waals surface area contributed by atoms with Gasteiger partial charge in [0.25, 0.3) is 5.91 Å². The van der Waals surface area contributed by atoms with Gasteiger partial charge in [-0.25, -0.2) is 0 Å². The van der Waals surface area contributed by atoms with E-state index < -0.39 is 0 Å². The molecule has 1 aliphatic heterocycles. The zero-order valence-corrected chi connectivity index (χ0v) is 12.8. The molecule has 4 nitrogen and oxygen atoms in total. The summed E-state index contributed by atoms with van der Waals surface area (Å²) in [5.74, 6) is 2.78. The number of carbonyl (C=O) groups excluding carboxylic acids is 1. The van der Waals surface area contributed by atoms with Gasteiger partial charge < -0.3 is 14.8 Å². The Bertz CT molecular complexity index is 458. The number of ether oxygens (including phenoxy) is 2. The van der Waals surface area contributed by atoms with Crippen LogP contribution in [0.4, 0.5) is 0 Å². The number of methoxy groups -OCH3 is 2. The molecule has 1 amide bonds. The van der Waals surface area contributed by atoms with Crippen LogP contribution in [0.1, 0.15) is 23.2 Å². The van der Waals surface area contributed by atoms with Crippen molar-refractivity contribution in [3.63, 3.8) is 0 Å². The van der Waals surface area contributed by atoms with Crippen LogP contribution in [-0.4, -0.2) is 43.8 Å². The summed E-state index contributed by atoms with van der Waals surface area (Å²) in [6.07, 6.45) is 1.96. The lowest BCUT2D eigenvalue weighted by molar-refractivity contribution is -0.0149. The standard InChI is InChI=1S/C15H21NO3S/c1-18-13-5-3-4-12(10-13)14(17)16-11-15(19-2)6-8-20-9-7-15/h3-5,10H,6-9,11H2,1-2H3,(H,16,17). The highest BCUT2D eigenvalue weighted by Crippen LogP contribution is 2.29. The van der Waals surface area contributed by atoms with E-state index >= 15 is 0 Å². The Morgan fingerprint density at radius 3 is 2.75 bits per heavy atom. The maximum absolute atomic E-state index is 12.2. The average Bonchev–Trinajstić information content (AvgIpc) is 2.53. The molecule has 0 atom stereocenters. The highest BCUT2D eigenvalue weighted by Gasteiger charge is 2.32. The molecule has 0 saturated carbocycles. The van der Waals surface area contributed by atoms with Gasteiger partial charge in [-0.1, -0.05) is 6.07 Å². The molecule has 0 bridgehead atoms. The molecule has 0 radical (unpaired) electrons. The Hall–Kier alpha value is -1.20. The van der Waals surface area contributed by atoms with E-state index in [2.05, 4.69) is 5.32 Å². The first-order chi connectivity index (χ1) is 9.69. The van der Waals surface area contributed by atoms with E-state index in [1.807, 2.05) is 23.9 Å². The summed E-state index contributed by atoms with van der Waals surface area (Å²) in [7, 11) is 3.32. The van der Waals surface area contributed by atoms with Crippen molar-refractivity contribution in [2.75, 3.05) is 32.3 Å². The van der Waals surface area contributed by atoms with Crippen LogP contribution >= 0.6 is 11.8 Å². The summed E-state index contributed by atoms with van der Waals surface area (Å²) in [4.78, 5) is 12.2. The third-order valence-corrected chi connectivity index (χ3v) is 4.73. The first-order valence-corrected chi connectivity index (χ1v) is 7.90. The normalized spacial score (nSPS) is 17.5. The van der Waals surface area contributed by atoms with Crippen molar-refractivity contribution < 1.29 is 14.3 Å². The van der Waals surface area contributed by atoms with E-state index in [-0.39, 0.29) is 11.5 Å². The molecule has 20 heavy (non-hydrogen) atoms. The van der Waals surface area contributed by atoms with Crippen LogP contribution in [0.25, 0.3) is 0 Å². The van der Waals surface area contributed by atoms with E-state index in [9.17, 15) is 4.79 Å².